The van der Waals surface area contributed by atoms with E-state index in [1.54, 1.807) is 29.2 Å². The Hall–Kier alpha value is -5.10. The van der Waals surface area contributed by atoms with E-state index in [2.05, 4.69) is 41.1 Å². The summed E-state index contributed by atoms with van der Waals surface area (Å²) in [5, 5.41) is 18.3. The van der Waals surface area contributed by atoms with E-state index >= 15 is 0 Å². The molecule has 0 bridgehead atoms. The minimum atomic E-state index is -0.228. The van der Waals surface area contributed by atoms with Crippen LogP contribution in [0.25, 0.3) is 16.6 Å². The van der Waals surface area contributed by atoms with Crippen LogP contribution in [0.3, 0.4) is 0 Å². The fourth-order valence-corrected chi connectivity index (χ4v) is 4.67. The zero-order valence-electron chi connectivity index (χ0n) is 22.7. The van der Waals surface area contributed by atoms with E-state index < -0.39 is 0 Å². The monoisotopic (exact) mass is 551 g/mol. The molecule has 2 aromatic carbocycles. The molecule has 1 fully saturated rings. The first-order valence-corrected chi connectivity index (χ1v) is 13.4. The SMILES string of the molecule is CCOc1cc2ncnc(Nc3ccc(Oc4cc5nncn5cn4)c(C)c3)c2cc1NC(=O)C=CC1CCCN1. The molecule has 3 aromatic heterocycles. The van der Waals surface area contributed by atoms with E-state index in [0.29, 0.717) is 46.7 Å². The first-order valence-electron chi connectivity index (χ1n) is 13.4. The molecule has 1 aliphatic heterocycles. The lowest BCUT2D eigenvalue weighted by Crippen LogP contribution is -2.19. The van der Waals surface area contributed by atoms with E-state index in [9.17, 15) is 4.79 Å². The maximum Gasteiger partial charge on any atom is 0.248 e. The number of benzene rings is 2. The Bertz CT molecular complexity index is 1750. The van der Waals surface area contributed by atoms with Crippen LogP contribution in [-0.4, -0.2) is 54.7 Å². The molecule has 0 spiro atoms. The largest absolute Gasteiger partial charge is 0.492 e. The Kier molecular flexibility index (Phi) is 7.37. The predicted molar refractivity (Wildman–Crippen MR) is 155 cm³/mol. The number of amides is 1. The second-order valence-corrected chi connectivity index (χ2v) is 9.60. The molecule has 4 heterocycles. The number of nitrogens with zero attached hydrogens (tertiary/aromatic N) is 6. The van der Waals surface area contributed by atoms with Crippen molar-refractivity contribution in [3.63, 3.8) is 0 Å². The summed E-state index contributed by atoms with van der Waals surface area (Å²) in [4.78, 5) is 25.9. The molecule has 1 saturated heterocycles. The topological polar surface area (TPSA) is 140 Å². The number of rotatable bonds is 9. The Morgan fingerprint density at radius 2 is 2.07 bits per heavy atom. The van der Waals surface area contributed by atoms with Crippen molar-refractivity contribution >= 4 is 39.6 Å². The van der Waals surface area contributed by atoms with Gasteiger partial charge < -0.3 is 25.4 Å². The number of aryl methyl sites for hydroxylation is 1. The fourth-order valence-electron chi connectivity index (χ4n) is 4.67. The van der Waals surface area contributed by atoms with Crippen molar-refractivity contribution in [2.24, 2.45) is 0 Å². The molecule has 5 aromatic rings. The number of ether oxygens (including phenoxy) is 2. The predicted octanol–water partition coefficient (Wildman–Crippen LogP) is 4.56. The highest BCUT2D eigenvalue weighted by Gasteiger charge is 2.15. The number of hydrogen-bond acceptors (Lipinski definition) is 10. The Labute approximate surface area is 235 Å². The van der Waals surface area contributed by atoms with Crippen LogP contribution >= 0.6 is 0 Å². The summed E-state index contributed by atoms with van der Waals surface area (Å²) in [6.07, 6.45) is 10.3. The zero-order valence-corrected chi connectivity index (χ0v) is 22.7. The molecule has 0 aliphatic carbocycles. The van der Waals surface area contributed by atoms with Gasteiger partial charge in [0.05, 0.1) is 17.8 Å². The average molecular weight is 552 g/mol. The summed E-state index contributed by atoms with van der Waals surface area (Å²) in [7, 11) is 0. The second-order valence-electron chi connectivity index (χ2n) is 9.60. The van der Waals surface area contributed by atoms with Crippen LogP contribution < -0.4 is 25.4 Å². The maximum atomic E-state index is 12.7. The minimum Gasteiger partial charge on any atom is -0.492 e. The number of fused-ring (bicyclic) bond motifs is 2. The molecular formula is C29H29N9O3. The third-order valence-corrected chi connectivity index (χ3v) is 6.69. The van der Waals surface area contributed by atoms with Gasteiger partial charge in [-0.15, -0.1) is 10.2 Å². The molecule has 1 atom stereocenters. The molecule has 41 heavy (non-hydrogen) atoms. The van der Waals surface area contributed by atoms with Crippen molar-refractivity contribution in [2.45, 2.75) is 32.7 Å². The van der Waals surface area contributed by atoms with Crippen LogP contribution in [0, 0.1) is 6.92 Å². The molecule has 0 saturated carbocycles. The molecule has 12 heteroatoms. The van der Waals surface area contributed by atoms with Gasteiger partial charge in [0.1, 0.15) is 36.3 Å². The quantitative estimate of drug-likeness (QED) is 0.223. The van der Waals surface area contributed by atoms with Gasteiger partial charge in [0.2, 0.25) is 11.8 Å². The molecule has 6 rings (SSSR count). The normalized spacial score (nSPS) is 15.0. The summed E-state index contributed by atoms with van der Waals surface area (Å²) in [5.74, 6) is 1.98. The summed E-state index contributed by atoms with van der Waals surface area (Å²) in [6, 6.07) is 11.3. The third kappa shape index (κ3) is 5.92. The van der Waals surface area contributed by atoms with Gasteiger partial charge in [0.25, 0.3) is 0 Å². The lowest BCUT2D eigenvalue weighted by atomic mass is 10.1. The van der Waals surface area contributed by atoms with Gasteiger partial charge in [0.15, 0.2) is 5.65 Å². The number of hydrogen-bond donors (Lipinski definition) is 3. The molecule has 208 valence electrons. The van der Waals surface area contributed by atoms with E-state index in [1.165, 1.54) is 6.33 Å². The molecule has 3 N–H and O–H groups in total. The van der Waals surface area contributed by atoms with E-state index in [4.69, 9.17) is 9.47 Å². The van der Waals surface area contributed by atoms with Crippen LogP contribution in [0.4, 0.5) is 17.2 Å². The summed E-state index contributed by atoms with van der Waals surface area (Å²) in [6.45, 7) is 5.26. The van der Waals surface area contributed by atoms with Crippen molar-refractivity contribution in [3.8, 4) is 17.4 Å². The molecular weight excluding hydrogens is 522 g/mol. The van der Waals surface area contributed by atoms with Gasteiger partial charge in [-0.3, -0.25) is 9.20 Å². The lowest BCUT2D eigenvalue weighted by Gasteiger charge is -2.15. The van der Waals surface area contributed by atoms with Crippen molar-refractivity contribution in [1.29, 1.82) is 0 Å². The first-order chi connectivity index (χ1) is 20.1. The Balaban J connectivity index is 1.23. The number of nitrogens with one attached hydrogen (secondary N) is 3. The smallest absolute Gasteiger partial charge is 0.248 e. The van der Waals surface area contributed by atoms with Crippen LogP contribution in [0.2, 0.25) is 0 Å². The average Bonchev–Trinajstić information content (AvgIpc) is 3.66. The zero-order chi connectivity index (χ0) is 28.2. The van der Waals surface area contributed by atoms with Crippen molar-refractivity contribution in [3.05, 3.63) is 73.1 Å². The highest BCUT2D eigenvalue weighted by atomic mass is 16.5. The van der Waals surface area contributed by atoms with Gasteiger partial charge in [0, 0.05) is 35.3 Å². The van der Waals surface area contributed by atoms with Crippen LogP contribution in [0.1, 0.15) is 25.3 Å². The maximum absolute atomic E-state index is 12.7. The van der Waals surface area contributed by atoms with E-state index in [0.717, 1.165) is 36.0 Å². The standard InChI is InChI=1S/C29H29N9O3/c1-3-40-25-13-22-21(12-23(25)36-27(39)9-7-19-5-4-10-30-19)29(32-15-31-22)35-20-6-8-24(18(2)11-20)41-28-14-26-37-34-17-38(26)16-33-28/h6-9,11-17,19,30H,3-5,10H2,1-2H3,(H,36,39)(H,31,32,35). The molecule has 12 nitrogen and oxygen atoms in total. The van der Waals surface area contributed by atoms with Crippen LogP contribution in [0.5, 0.6) is 17.4 Å². The number of carbonyl (C=O) groups is 1. The van der Waals surface area contributed by atoms with Crippen LogP contribution in [-0.2, 0) is 4.79 Å². The number of anilines is 3. The highest BCUT2D eigenvalue weighted by Crippen LogP contribution is 2.34. The van der Waals surface area contributed by atoms with Gasteiger partial charge in [-0.1, -0.05) is 6.08 Å². The third-order valence-electron chi connectivity index (χ3n) is 6.69. The summed E-state index contributed by atoms with van der Waals surface area (Å²) in [5.41, 5.74) is 3.57. The second kappa shape index (κ2) is 11.6. The minimum absolute atomic E-state index is 0.224. The molecule has 1 aliphatic rings. The first kappa shape index (κ1) is 26.1. The fraction of sp³-hybridized carbons (Fsp3) is 0.241. The van der Waals surface area contributed by atoms with Gasteiger partial charge >= 0.3 is 0 Å². The van der Waals surface area contributed by atoms with Gasteiger partial charge in [-0.25, -0.2) is 15.0 Å². The molecule has 1 amide bonds. The molecule has 0 radical (unpaired) electrons. The summed E-state index contributed by atoms with van der Waals surface area (Å²) < 4.78 is 13.5. The molecule has 1 unspecified atom stereocenters. The van der Waals surface area contributed by atoms with Gasteiger partial charge in [-0.05, 0) is 63.1 Å². The summed E-state index contributed by atoms with van der Waals surface area (Å²) >= 11 is 0. The number of aromatic nitrogens is 6. The highest BCUT2D eigenvalue weighted by molar-refractivity contribution is 6.03. The van der Waals surface area contributed by atoms with Crippen molar-refractivity contribution in [1.82, 2.24) is 34.9 Å². The van der Waals surface area contributed by atoms with Crippen molar-refractivity contribution < 1.29 is 14.3 Å². The van der Waals surface area contributed by atoms with Gasteiger partial charge in [-0.2, -0.15) is 0 Å². The Morgan fingerprint density at radius 3 is 2.90 bits per heavy atom. The lowest BCUT2D eigenvalue weighted by molar-refractivity contribution is -0.111. The Morgan fingerprint density at radius 1 is 1.15 bits per heavy atom. The van der Waals surface area contributed by atoms with Crippen molar-refractivity contribution in [2.75, 3.05) is 23.8 Å². The van der Waals surface area contributed by atoms with E-state index in [1.807, 2.05) is 50.3 Å². The van der Waals surface area contributed by atoms with Crippen LogP contribution in [0.15, 0.2) is 67.5 Å². The number of carbonyl (C=O) groups excluding carboxylic acids is 1. The van der Waals surface area contributed by atoms with E-state index in [-0.39, 0.29) is 11.9 Å².